The summed E-state index contributed by atoms with van der Waals surface area (Å²) in [6.45, 7) is 6.70. The molecule has 5 rings (SSSR count). The largest absolute Gasteiger partial charge is 0.341 e. The average molecular weight is 481 g/mol. The highest BCUT2D eigenvalue weighted by molar-refractivity contribution is 6.12. The van der Waals surface area contributed by atoms with Crippen molar-refractivity contribution >= 4 is 33.5 Å². The summed E-state index contributed by atoms with van der Waals surface area (Å²) in [5, 5.41) is 6.81. The van der Waals surface area contributed by atoms with Gasteiger partial charge in [-0.15, -0.1) is 0 Å². The van der Waals surface area contributed by atoms with Crippen LogP contribution < -0.4 is 0 Å². The molecule has 4 nitrogen and oxygen atoms in total. The van der Waals surface area contributed by atoms with Gasteiger partial charge in [0.05, 0.1) is 5.71 Å². The summed E-state index contributed by atoms with van der Waals surface area (Å²) in [4.78, 5) is 16.7. The lowest BCUT2D eigenvalue weighted by atomic mass is 9.96. The number of carbonyl (C=O) groups is 1. The molecule has 0 unspecified atom stereocenters. The number of nitrogens with zero attached hydrogens (tertiary/aromatic N) is 2. The van der Waals surface area contributed by atoms with Crippen molar-refractivity contribution in [2.75, 3.05) is 0 Å². The Balaban J connectivity index is 1.55. The van der Waals surface area contributed by atoms with Crippen molar-refractivity contribution in [3.05, 3.63) is 82.9 Å². The molecule has 0 aliphatic heterocycles. The molecule has 4 heteroatoms. The van der Waals surface area contributed by atoms with E-state index in [4.69, 9.17) is 4.84 Å². The van der Waals surface area contributed by atoms with Gasteiger partial charge in [0.15, 0.2) is 0 Å². The molecular weight excluding hydrogens is 444 g/mol. The number of aryl methyl sites for hydroxylation is 2. The highest BCUT2D eigenvalue weighted by atomic mass is 16.7. The molecule has 1 aromatic heterocycles. The number of aromatic nitrogens is 1. The van der Waals surface area contributed by atoms with Crippen LogP contribution in [-0.4, -0.2) is 16.2 Å². The normalized spacial score (nSPS) is 14.7. The minimum absolute atomic E-state index is 0.377. The molecule has 0 spiro atoms. The summed E-state index contributed by atoms with van der Waals surface area (Å²) < 4.78 is 2.38. The van der Waals surface area contributed by atoms with E-state index in [1.165, 1.54) is 71.1 Å². The van der Waals surface area contributed by atoms with Crippen LogP contribution in [-0.2, 0) is 22.6 Å². The van der Waals surface area contributed by atoms with Gasteiger partial charge in [0.1, 0.15) is 0 Å². The molecule has 36 heavy (non-hydrogen) atoms. The first kappa shape index (κ1) is 24.3. The summed E-state index contributed by atoms with van der Waals surface area (Å²) in [7, 11) is 0. The molecular formula is C32H36N2O2. The van der Waals surface area contributed by atoms with Crippen LogP contribution in [0.2, 0.25) is 0 Å². The average Bonchev–Trinajstić information content (AvgIpc) is 3.51. The second-order valence-corrected chi connectivity index (χ2v) is 10.2. The van der Waals surface area contributed by atoms with Crippen molar-refractivity contribution in [1.82, 2.24) is 4.57 Å². The number of oxime groups is 1. The SMILES string of the molecule is CCn1c2ccc(Cc3ccccc3C)cc2c2cc(/C(CCC3CCCC3)=N/OC(C)=O)ccc21. The minimum atomic E-state index is -0.377. The van der Waals surface area contributed by atoms with E-state index in [1.54, 1.807) is 0 Å². The molecule has 0 amide bonds. The molecule has 0 radical (unpaired) electrons. The van der Waals surface area contributed by atoms with Gasteiger partial charge in [0.25, 0.3) is 0 Å². The topological polar surface area (TPSA) is 43.6 Å². The Bertz CT molecular complexity index is 1420. The van der Waals surface area contributed by atoms with Crippen LogP contribution in [0.3, 0.4) is 0 Å². The fraction of sp³-hybridized carbons (Fsp3) is 0.375. The number of rotatable bonds is 8. The number of carbonyl (C=O) groups excluding carboxylic acids is 1. The van der Waals surface area contributed by atoms with E-state index in [0.717, 1.165) is 43.0 Å². The molecule has 1 aliphatic carbocycles. The number of benzene rings is 3. The van der Waals surface area contributed by atoms with Crippen LogP contribution in [0.1, 0.15) is 74.6 Å². The molecule has 1 saturated carbocycles. The number of hydrogen-bond acceptors (Lipinski definition) is 3. The van der Waals surface area contributed by atoms with Crippen molar-refractivity contribution < 1.29 is 9.63 Å². The van der Waals surface area contributed by atoms with E-state index < -0.39 is 0 Å². The Morgan fingerprint density at radius 2 is 1.72 bits per heavy atom. The molecule has 0 saturated heterocycles. The zero-order chi connectivity index (χ0) is 25.1. The lowest BCUT2D eigenvalue weighted by Gasteiger charge is -2.11. The Morgan fingerprint density at radius 3 is 2.44 bits per heavy atom. The first-order valence-corrected chi connectivity index (χ1v) is 13.4. The summed E-state index contributed by atoms with van der Waals surface area (Å²) in [5.74, 6) is 0.375. The molecule has 1 fully saturated rings. The van der Waals surface area contributed by atoms with Gasteiger partial charge in [-0.3, -0.25) is 0 Å². The van der Waals surface area contributed by atoms with Crippen molar-refractivity contribution in [3.63, 3.8) is 0 Å². The third-order valence-corrected chi connectivity index (χ3v) is 7.78. The van der Waals surface area contributed by atoms with E-state index >= 15 is 0 Å². The van der Waals surface area contributed by atoms with Crippen molar-refractivity contribution in [1.29, 1.82) is 0 Å². The molecule has 186 valence electrons. The van der Waals surface area contributed by atoms with Crippen LogP contribution in [0.4, 0.5) is 0 Å². The lowest BCUT2D eigenvalue weighted by molar-refractivity contribution is -0.140. The predicted octanol–water partition coefficient (Wildman–Crippen LogP) is 7.95. The van der Waals surface area contributed by atoms with E-state index in [1.807, 2.05) is 0 Å². The van der Waals surface area contributed by atoms with Gasteiger partial charge in [0.2, 0.25) is 0 Å². The Labute approximate surface area is 213 Å². The van der Waals surface area contributed by atoms with Gasteiger partial charge in [-0.1, -0.05) is 67.2 Å². The zero-order valence-electron chi connectivity index (χ0n) is 21.7. The number of hydrogen-bond donors (Lipinski definition) is 0. The van der Waals surface area contributed by atoms with E-state index in [2.05, 4.69) is 84.2 Å². The Hall–Kier alpha value is -3.40. The summed E-state index contributed by atoms with van der Waals surface area (Å²) in [5.41, 5.74) is 8.39. The zero-order valence-corrected chi connectivity index (χ0v) is 21.7. The van der Waals surface area contributed by atoms with Gasteiger partial charge in [-0.25, -0.2) is 4.79 Å². The molecule has 0 atom stereocenters. The smallest absolute Gasteiger partial charge is 0.331 e. The maximum atomic E-state index is 11.5. The maximum Gasteiger partial charge on any atom is 0.331 e. The predicted molar refractivity (Wildman–Crippen MR) is 149 cm³/mol. The first-order valence-electron chi connectivity index (χ1n) is 13.4. The van der Waals surface area contributed by atoms with Crippen LogP contribution in [0.25, 0.3) is 21.8 Å². The molecule has 1 aliphatic rings. The summed E-state index contributed by atoms with van der Waals surface area (Å²) in [6.07, 6.45) is 8.09. The van der Waals surface area contributed by atoms with Gasteiger partial charge in [0, 0.05) is 40.8 Å². The van der Waals surface area contributed by atoms with Crippen molar-refractivity contribution in [2.24, 2.45) is 11.1 Å². The second kappa shape index (κ2) is 10.7. The third-order valence-electron chi connectivity index (χ3n) is 7.78. The van der Waals surface area contributed by atoms with Gasteiger partial charge >= 0.3 is 5.97 Å². The van der Waals surface area contributed by atoms with Gasteiger partial charge in [-0.2, -0.15) is 0 Å². The second-order valence-electron chi connectivity index (χ2n) is 10.2. The Kier molecular flexibility index (Phi) is 7.22. The molecule has 0 bridgehead atoms. The lowest BCUT2D eigenvalue weighted by Crippen LogP contribution is -2.07. The van der Waals surface area contributed by atoms with Crippen LogP contribution in [0.5, 0.6) is 0 Å². The van der Waals surface area contributed by atoms with Gasteiger partial charge < -0.3 is 9.40 Å². The molecule has 1 heterocycles. The van der Waals surface area contributed by atoms with E-state index in [9.17, 15) is 4.79 Å². The van der Waals surface area contributed by atoms with Crippen LogP contribution >= 0.6 is 0 Å². The molecule has 4 aromatic rings. The third kappa shape index (κ3) is 5.09. The van der Waals surface area contributed by atoms with Gasteiger partial charge in [-0.05, 0) is 80.0 Å². The van der Waals surface area contributed by atoms with Crippen molar-refractivity contribution in [2.45, 2.75) is 72.3 Å². The quantitative estimate of drug-likeness (QED) is 0.146. The van der Waals surface area contributed by atoms with E-state index in [-0.39, 0.29) is 5.97 Å². The first-order chi connectivity index (χ1) is 17.5. The molecule has 0 N–H and O–H groups in total. The maximum absolute atomic E-state index is 11.5. The van der Waals surface area contributed by atoms with Crippen LogP contribution in [0.15, 0.2) is 65.8 Å². The monoisotopic (exact) mass is 480 g/mol. The Morgan fingerprint density at radius 1 is 1.00 bits per heavy atom. The standard InChI is InChI=1S/C32H36N2O2/c1-4-34-31-17-14-25(19-26-12-8-5-9-22(26)2)20-28(31)29-21-27(15-18-32(29)34)30(33-36-23(3)35)16-13-24-10-6-7-11-24/h5,8-9,12,14-15,17-18,20-21,24H,4,6-7,10-11,13,16,19H2,1-3H3/b33-30+. The summed E-state index contributed by atoms with van der Waals surface area (Å²) >= 11 is 0. The molecule has 3 aromatic carbocycles. The fourth-order valence-electron chi connectivity index (χ4n) is 5.81. The van der Waals surface area contributed by atoms with Crippen molar-refractivity contribution in [3.8, 4) is 0 Å². The number of fused-ring (bicyclic) bond motifs is 3. The highest BCUT2D eigenvalue weighted by Crippen LogP contribution is 2.33. The minimum Gasteiger partial charge on any atom is -0.341 e. The van der Waals surface area contributed by atoms with Crippen LogP contribution in [0, 0.1) is 12.8 Å². The summed E-state index contributed by atoms with van der Waals surface area (Å²) in [6, 6.07) is 22.1. The highest BCUT2D eigenvalue weighted by Gasteiger charge is 2.18. The van der Waals surface area contributed by atoms with E-state index in [0.29, 0.717) is 0 Å². The fourth-order valence-corrected chi connectivity index (χ4v) is 5.81.